The van der Waals surface area contributed by atoms with E-state index in [0.29, 0.717) is 0 Å². The molecule has 0 saturated carbocycles. The minimum absolute atomic E-state index is 0.269. The largest absolute Gasteiger partial charge is 0.248 e. The topological polar surface area (TPSA) is 50.3 Å². The predicted octanol–water partition coefficient (Wildman–Crippen LogP) is 4.82. The van der Waals surface area contributed by atoms with Crippen molar-refractivity contribution in [2.45, 2.75) is 4.90 Å². The van der Waals surface area contributed by atoms with Crippen LogP contribution in [0.25, 0.3) is 33.3 Å². The molecule has 5 heteroatoms. The standard InChI is InChI=1S/C23H20N2O2S/c1-25(2)28(26,27)19-14-12-18(13-15-19)23-16-21(17-8-4-3-5-9-17)20-10-6-7-11-22(20)24-23/h3-16H,1-2H3. The monoisotopic (exact) mass is 388 g/mol. The molecular formula is C23H20N2O2S. The van der Waals surface area contributed by atoms with Gasteiger partial charge in [0.25, 0.3) is 0 Å². The Morgan fingerprint density at radius 1 is 0.750 bits per heavy atom. The maximum atomic E-state index is 12.3. The lowest BCUT2D eigenvalue weighted by molar-refractivity contribution is 0.521. The second-order valence-corrected chi connectivity index (χ2v) is 8.90. The lowest BCUT2D eigenvalue weighted by Gasteiger charge is -2.13. The smallest absolute Gasteiger partial charge is 0.242 e. The highest BCUT2D eigenvalue weighted by atomic mass is 32.2. The van der Waals surface area contributed by atoms with E-state index in [2.05, 4.69) is 24.3 Å². The SMILES string of the molecule is CN(C)S(=O)(=O)c1ccc(-c2cc(-c3ccccc3)c3ccccc3n2)cc1. The van der Waals surface area contributed by atoms with E-state index >= 15 is 0 Å². The maximum absolute atomic E-state index is 12.3. The molecule has 0 atom stereocenters. The zero-order valence-corrected chi connectivity index (χ0v) is 16.5. The maximum Gasteiger partial charge on any atom is 0.242 e. The van der Waals surface area contributed by atoms with Gasteiger partial charge < -0.3 is 0 Å². The Balaban J connectivity index is 1.86. The summed E-state index contributed by atoms with van der Waals surface area (Å²) in [5.74, 6) is 0. The molecule has 4 rings (SSSR count). The molecule has 0 radical (unpaired) electrons. The summed E-state index contributed by atoms with van der Waals surface area (Å²) < 4.78 is 25.8. The molecule has 0 aliphatic rings. The molecule has 0 saturated heterocycles. The second-order valence-electron chi connectivity index (χ2n) is 6.75. The molecule has 0 fully saturated rings. The number of rotatable bonds is 4. The lowest BCUT2D eigenvalue weighted by Crippen LogP contribution is -2.22. The number of aromatic nitrogens is 1. The number of nitrogens with zero attached hydrogens (tertiary/aromatic N) is 2. The predicted molar refractivity (Wildman–Crippen MR) is 113 cm³/mol. The van der Waals surface area contributed by atoms with Gasteiger partial charge in [-0.3, -0.25) is 0 Å². The first kappa shape index (κ1) is 18.3. The molecule has 0 bridgehead atoms. The molecular weight excluding hydrogens is 368 g/mol. The van der Waals surface area contributed by atoms with E-state index in [1.54, 1.807) is 12.1 Å². The van der Waals surface area contributed by atoms with Gasteiger partial charge in [0.2, 0.25) is 10.0 Å². The van der Waals surface area contributed by atoms with Crippen molar-refractivity contribution >= 4 is 20.9 Å². The van der Waals surface area contributed by atoms with Crippen molar-refractivity contribution in [3.05, 3.63) is 84.9 Å². The summed E-state index contributed by atoms with van der Waals surface area (Å²) in [5, 5.41) is 1.09. The summed E-state index contributed by atoms with van der Waals surface area (Å²) in [7, 11) is -0.393. The van der Waals surface area contributed by atoms with Crippen LogP contribution in [-0.2, 0) is 10.0 Å². The van der Waals surface area contributed by atoms with Crippen LogP contribution in [0.15, 0.2) is 89.8 Å². The highest BCUT2D eigenvalue weighted by Crippen LogP contribution is 2.32. The molecule has 0 N–H and O–H groups in total. The van der Waals surface area contributed by atoms with Gasteiger partial charge in [-0.05, 0) is 35.4 Å². The molecule has 3 aromatic carbocycles. The van der Waals surface area contributed by atoms with E-state index in [1.807, 2.05) is 48.5 Å². The van der Waals surface area contributed by atoms with Gasteiger partial charge in [-0.1, -0.05) is 60.7 Å². The van der Waals surface area contributed by atoms with Gasteiger partial charge in [0.1, 0.15) is 0 Å². The zero-order valence-electron chi connectivity index (χ0n) is 15.7. The molecule has 4 nitrogen and oxygen atoms in total. The van der Waals surface area contributed by atoms with Gasteiger partial charge in [0.05, 0.1) is 16.1 Å². The molecule has 0 unspecified atom stereocenters. The van der Waals surface area contributed by atoms with Crippen LogP contribution in [0.5, 0.6) is 0 Å². The summed E-state index contributed by atoms with van der Waals surface area (Å²) >= 11 is 0. The Hall–Kier alpha value is -3.02. The fourth-order valence-electron chi connectivity index (χ4n) is 3.19. The summed E-state index contributed by atoms with van der Waals surface area (Å²) in [5.41, 5.74) is 4.82. The van der Waals surface area contributed by atoms with Crippen LogP contribution in [0, 0.1) is 0 Å². The Kier molecular flexibility index (Phi) is 4.71. The average molecular weight is 388 g/mol. The van der Waals surface area contributed by atoms with Gasteiger partial charge in [0.15, 0.2) is 0 Å². The van der Waals surface area contributed by atoms with Gasteiger partial charge in [0, 0.05) is 25.0 Å². The minimum Gasteiger partial charge on any atom is -0.248 e. The number of para-hydroxylation sites is 1. The first-order valence-electron chi connectivity index (χ1n) is 8.95. The Morgan fingerprint density at radius 2 is 1.39 bits per heavy atom. The Morgan fingerprint density at radius 3 is 2.07 bits per heavy atom. The first-order valence-corrected chi connectivity index (χ1v) is 10.4. The molecule has 0 amide bonds. The second kappa shape index (κ2) is 7.19. The van der Waals surface area contributed by atoms with Gasteiger partial charge >= 0.3 is 0 Å². The van der Waals surface area contributed by atoms with Crippen molar-refractivity contribution in [2.75, 3.05) is 14.1 Å². The van der Waals surface area contributed by atoms with Crippen LogP contribution in [0.3, 0.4) is 0 Å². The van der Waals surface area contributed by atoms with Crippen molar-refractivity contribution in [1.82, 2.24) is 9.29 Å². The zero-order chi connectivity index (χ0) is 19.7. The van der Waals surface area contributed by atoms with Crippen molar-refractivity contribution in [2.24, 2.45) is 0 Å². The number of hydrogen-bond donors (Lipinski definition) is 0. The number of hydrogen-bond acceptors (Lipinski definition) is 3. The summed E-state index contributed by atoms with van der Waals surface area (Å²) in [6.45, 7) is 0. The Bertz CT molecular complexity index is 1230. The Labute approximate surface area is 165 Å². The molecule has 0 aliphatic carbocycles. The first-order chi connectivity index (χ1) is 13.5. The highest BCUT2D eigenvalue weighted by Gasteiger charge is 2.17. The number of benzene rings is 3. The van der Waals surface area contributed by atoms with E-state index < -0.39 is 10.0 Å². The molecule has 1 aromatic heterocycles. The fraction of sp³-hybridized carbons (Fsp3) is 0.0870. The van der Waals surface area contributed by atoms with Crippen LogP contribution >= 0.6 is 0 Å². The third-order valence-electron chi connectivity index (χ3n) is 4.73. The van der Waals surface area contributed by atoms with Crippen molar-refractivity contribution < 1.29 is 8.42 Å². The third kappa shape index (κ3) is 3.30. The van der Waals surface area contributed by atoms with E-state index in [4.69, 9.17) is 4.98 Å². The van der Waals surface area contributed by atoms with Crippen molar-refractivity contribution in [3.8, 4) is 22.4 Å². The van der Waals surface area contributed by atoms with Crippen LogP contribution < -0.4 is 0 Å². The molecule has 0 aliphatic heterocycles. The van der Waals surface area contributed by atoms with Crippen LogP contribution in [-0.4, -0.2) is 31.8 Å². The molecule has 1 heterocycles. The van der Waals surface area contributed by atoms with Crippen LogP contribution in [0.4, 0.5) is 0 Å². The molecule has 28 heavy (non-hydrogen) atoms. The van der Waals surface area contributed by atoms with Crippen LogP contribution in [0.2, 0.25) is 0 Å². The third-order valence-corrected chi connectivity index (χ3v) is 6.56. The summed E-state index contributed by atoms with van der Waals surface area (Å²) in [6.07, 6.45) is 0. The van der Waals surface area contributed by atoms with Crippen molar-refractivity contribution in [1.29, 1.82) is 0 Å². The van der Waals surface area contributed by atoms with Crippen molar-refractivity contribution in [3.63, 3.8) is 0 Å². The summed E-state index contributed by atoms with van der Waals surface area (Å²) in [6, 6.07) is 27.2. The van der Waals surface area contributed by atoms with E-state index in [1.165, 1.54) is 18.4 Å². The number of sulfonamides is 1. The minimum atomic E-state index is -3.45. The quantitative estimate of drug-likeness (QED) is 0.504. The number of fused-ring (bicyclic) bond motifs is 1. The lowest BCUT2D eigenvalue weighted by atomic mass is 9.98. The van der Waals surface area contributed by atoms with E-state index in [9.17, 15) is 8.42 Å². The fourth-order valence-corrected chi connectivity index (χ4v) is 4.09. The van der Waals surface area contributed by atoms with E-state index in [-0.39, 0.29) is 4.90 Å². The average Bonchev–Trinajstić information content (AvgIpc) is 2.73. The van der Waals surface area contributed by atoms with Gasteiger partial charge in [-0.2, -0.15) is 0 Å². The van der Waals surface area contributed by atoms with E-state index in [0.717, 1.165) is 33.3 Å². The summed E-state index contributed by atoms with van der Waals surface area (Å²) in [4.78, 5) is 5.07. The highest BCUT2D eigenvalue weighted by molar-refractivity contribution is 7.89. The van der Waals surface area contributed by atoms with Gasteiger partial charge in [-0.25, -0.2) is 17.7 Å². The molecule has 0 spiro atoms. The van der Waals surface area contributed by atoms with Gasteiger partial charge in [-0.15, -0.1) is 0 Å². The number of pyridine rings is 1. The molecule has 140 valence electrons. The normalized spacial score (nSPS) is 11.8. The molecule has 4 aromatic rings. The van der Waals surface area contributed by atoms with Crippen LogP contribution in [0.1, 0.15) is 0 Å².